The quantitative estimate of drug-likeness (QED) is 0.773. The molecule has 1 heterocycles. The Balaban J connectivity index is 2.02. The minimum atomic E-state index is -0.888. The SMILES string of the molecule is CCNC(C)(COc1ccc2c(c1)OCO2)C(=O)OCC. The van der Waals surface area contributed by atoms with E-state index in [1.165, 1.54) is 0 Å². The fourth-order valence-corrected chi connectivity index (χ4v) is 2.06. The monoisotopic (exact) mass is 295 g/mol. The Hall–Kier alpha value is -1.95. The first-order chi connectivity index (χ1) is 10.1. The molecular formula is C15H21NO5. The summed E-state index contributed by atoms with van der Waals surface area (Å²) in [7, 11) is 0. The lowest BCUT2D eigenvalue weighted by atomic mass is 10.0. The van der Waals surface area contributed by atoms with Gasteiger partial charge in [-0.15, -0.1) is 0 Å². The third-order valence-corrected chi connectivity index (χ3v) is 3.16. The van der Waals surface area contributed by atoms with Crippen LogP contribution in [0.4, 0.5) is 0 Å². The van der Waals surface area contributed by atoms with E-state index in [0.29, 0.717) is 30.4 Å². The van der Waals surface area contributed by atoms with Crippen LogP contribution in [0.3, 0.4) is 0 Å². The molecule has 1 atom stereocenters. The van der Waals surface area contributed by atoms with E-state index in [4.69, 9.17) is 18.9 Å². The molecule has 1 N–H and O–H groups in total. The maximum absolute atomic E-state index is 12.1. The summed E-state index contributed by atoms with van der Waals surface area (Å²) < 4.78 is 21.4. The number of likely N-dealkylation sites (N-methyl/N-ethyl adjacent to an activating group) is 1. The van der Waals surface area contributed by atoms with E-state index in [1.807, 2.05) is 6.92 Å². The smallest absolute Gasteiger partial charge is 0.329 e. The van der Waals surface area contributed by atoms with Crippen molar-refractivity contribution >= 4 is 5.97 Å². The minimum absolute atomic E-state index is 0.166. The van der Waals surface area contributed by atoms with Crippen molar-refractivity contribution in [1.29, 1.82) is 0 Å². The first-order valence-electron chi connectivity index (χ1n) is 7.03. The van der Waals surface area contributed by atoms with Gasteiger partial charge in [0.25, 0.3) is 0 Å². The normalized spacial score (nSPS) is 15.4. The molecule has 6 heteroatoms. The van der Waals surface area contributed by atoms with Crippen molar-refractivity contribution in [3.8, 4) is 17.2 Å². The predicted molar refractivity (Wildman–Crippen MR) is 76.8 cm³/mol. The van der Waals surface area contributed by atoms with Gasteiger partial charge in [-0.3, -0.25) is 5.32 Å². The molecule has 0 aliphatic carbocycles. The summed E-state index contributed by atoms with van der Waals surface area (Å²) in [5.74, 6) is 1.64. The molecule has 116 valence electrons. The van der Waals surface area contributed by atoms with Gasteiger partial charge in [0.15, 0.2) is 11.5 Å². The van der Waals surface area contributed by atoms with E-state index in [0.717, 1.165) is 0 Å². The second-order valence-corrected chi connectivity index (χ2v) is 4.89. The van der Waals surface area contributed by atoms with Gasteiger partial charge in [0.2, 0.25) is 6.79 Å². The van der Waals surface area contributed by atoms with Crippen LogP contribution in [-0.2, 0) is 9.53 Å². The molecule has 0 saturated heterocycles. The number of benzene rings is 1. The highest BCUT2D eigenvalue weighted by molar-refractivity contribution is 5.80. The molecule has 0 aromatic heterocycles. The summed E-state index contributed by atoms with van der Waals surface area (Å²) in [5, 5.41) is 3.11. The van der Waals surface area contributed by atoms with E-state index in [-0.39, 0.29) is 19.4 Å². The second kappa shape index (κ2) is 6.67. The molecule has 0 bridgehead atoms. The summed E-state index contributed by atoms with van der Waals surface area (Å²) in [5.41, 5.74) is -0.888. The lowest BCUT2D eigenvalue weighted by Gasteiger charge is -2.27. The van der Waals surface area contributed by atoms with Crippen LogP contribution in [0.25, 0.3) is 0 Å². The van der Waals surface area contributed by atoms with Crippen molar-refractivity contribution in [1.82, 2.24) is 5.32 Å². The summed E-state index contributed by atoms with van der Waals surface area (Å²) in [4.78, 5) is 12.1. The number of carbonyl (C=O) groups excluding carboxylic acids is 1. The van der Waals surface area contributed by atoms with Crippen molar-refractivity contribution < 1.29 is 23.7 Å². The van der Waals surface area contributed by atoms with Gasteiger partial charge in [-0.1, -0.05) is 6.92 Å². The molecule has 0 amide bonds. The number of nitrogens with one attached hydrogen (secondary N) is 1. The topological polar surface area (TPSA) is 66.0 Å². The highest BCUT2D eigenvalue weighted by atomic mass is 16.7. The van der Waals surface area contributed by atoms with Crippen LogP contribution >= 0.6 is 0 Å². The van der Waals surface area contributed by atoms with Crippen LogP contribution in [-0.4, -0.2) is 38.1 Å². The van der Waals surface area contributed by atoms with E-state index in [9.17, 15) is 4.79 Å². The lowest BCUT2D eigenvalue weighted by molar-refractivity contribution is -0.151. The standard InChI is InChI=1S/C15H21NO5/c1-4-16-15(3,14(17)18-5-2)9-19-11-6-7-12-13(8-11)21-10-20-12/h6-8,16H,4-5,9-10H2,1-3H3. The number of ether oxygens (including phenoxy) is 4. The van der Waals surface area contributed by atoms with Gasteiger partial charge >= 0.3 is 5.97 Å². The second-order valence-electron chi connectivity index (χ2n) is 4.89. The zero-order chi connectivity index (χ0) is 15.3. The van der Waals surface area contributed by atoms with Gasteiger partial charge in [-0.2, -0.15) is 0 Å². The molecule has 0 radical (unpaired) electrons. The van der Waals surface area contributed by atoms with Crippen LogP contribution in [0.5, 0.6) is 17.2 Å². The van der Waals surface area contributed by atoms with Crippen LogP contribution in [0, 0.1) is 0 Å². The Labute approximate surface area is 124 Å². The first-order valence-corrected chi connectivity index (χ1v) is 7.03. The highest BCUT2D eigenvalue weighted by Crippen LogP contribution is 2.35. The maximum atomic E-state index is 12.1. The molecule has 0 fully saturated rings. The molecule has 0 spiro atoms. The van der Waals surface area contributed by atoms with E-state index in [2.05, 4.69) is 5.32 Å². The van der Waals surface area contributed by atoms with Gasteiger partial charge < -0.3 is 18.9 Å². The van der Waals surface area contributed by atoms with Crippen molar-refractivity contribution in [3.63, 3.8) is 0 Å². The van der Waals surface area contributed by atoms with Crippen molar-refractivity contribution in [2.45, 2.75) is 26.3 Å². The van der Waals surface area contributed by atoms with E-state index < -0.39 is 5.54 Å². The maximum Gasteiger partial charge on any atom is 0.329 e. The number of hydrogen-bond acceptors (Lipinski definition) is 6. The summed E-state index contributed by atoms with van der Waals surface area (Å²) >= 11 is 0. The molecule has 1 aliphatic rings. The number of fused-ring (bicyclic) bond motifs is 1. The van der Waals surface area contributed by atoms with Crippen LogP contribution in [0.1, 0.15) is 20.8 Å². The van der Waals surface area contributed by atoms with Crippen LogP contribution in [0.2, 0.25) is 0 Å². The summed E-state index contributed by atoms with van der Waals surface area (Å²) in [6.07, 6.45) is 0. The molecular weight excluding hydrogens is 274 g/mol. The Morgan fingerprint density at radius 2 is 2.10 bits per heavy atom. The summed E-state index contributed by atoms with van der Waals surface area (Å²) in [6.45, 7) is 6.84. The molecule has 1 aromatic rings. The molecule has 1 unspecified atom stereocenters. The molecule has 6 nitrogen and oxygen atoms in total. The Kier molecular flexibility index (Phi) is 4.90. The Morgan fingerprint density at radius 1 is 1.33 bits per heavy atom. The van der Waals surface area contributed by atoms with Gasteiger partial charge in [0, 0.05) is 6.07 Å². The van der Waals surface area contributed by atoms with E-state index in [1.54, 1.807) is 32.0 Å². The Morgan fingerprint density at radius 3 is 2.81 bits per heavy atom. The number of esters is 1. The van der Waals surface area contributed by atoms with Crippen molar-refractivity contribution in [3.05, 3.63) is 18.2 Å². The largest absolute Gasteiger partial charge is 0.491 e. The van der Waals surface area contributed by atoms with Crippen molar-refractivity contribution in [2.75, 3.05) is 26.6 Å². The van der Waals surface area contributed by atoms with E-state index >= 15 is 0 Å². The summed E-state index contributed by atoms with van der Waals surface area (Å²) in [6, 6.07) is 5.32. The zero-order valence-electron chi connectivity index (χ0n) is 12.6. The van der Waals surface area contributed by atoms with Gasteiger partial charge in [-0.25, -0.2) is 4.79 Å². The third kappa shape index (κ3) is 3.58. The highest BCUT2D eigenvalue weighted by Gasteiger charge is 2.35. The third-order valence-electron chi connectivity index (χ3n) is 3.16. The van der Waals surface area contributed by atoms with Gasteiger partial charge in [-0.05, 0) is 32.5 Å². The lowest BCUT2D eigenvalue weighted by Crippen LogP contribution is -2.54. The van der Waals surface area contributed by atoms with Crippen molar-refractivity contribution in [2.24, 2.45) is 0 Å². The van der Waals surface area contributed by atoms with Crippen LogP contribution in [0.15, 0.2) is 18.2 Å². The number of hydrogen-bond donors (Lipinski definition) is 1. The zero-order valence-corrected chi connectivity index (χ0v) is 12.6. The van der Waals surface area contributed by atoms with Crippen LogP contribution < -0.4 is 19.5 Å². The molecule has 21 heavy (non-hydrogen) atoms. The predicted octanol–water partition coefficient (Wildman–Crippen LogP) is 1.73. The fourth-order valence-electron chi connectivity index (χ4n) is 2.06. The average molecular weight is 295 g/mol. The van der Waals surface area contributed by atoms with Gasteiger partial charge in [0.1, 0.15) is 17.9 Å². The Bertz CT molecular complexity index is 505. The molecule has 2 rings (SSSR count). The fraction of sp³-hybridized carbons (Fsp3) is 0.533. The van der Waals surface area contributed by atoms with Gasteiger partial charge in [0.05, 0.1) is 6.61 Å². The minimum Gasteiger partial charge on any atom is -0.491 e. The molecule has 0 saturated carbocycles. The molecule has 1 aliphatic heterocycles. The number of carbonyl (C=O) groups is 1. The average Bonchev–Trinajstić information content (AvgIpc) is 2.93. The molecule has 1 aromatic carbocycles. The number of rotatable bonds is 7. The first kappa shape index (κ1) is 15.4.